The highest BCUT2D eigenvalue weighted by Crippen LogP contribution is 2.23. The van der Waals surface area contributed by atoms with Crippen LogP contribution in [-0.2, 0) is 6.61 Å². The van der Waals surface area contributed by atoms with Crippen molar-refractivity contribution in [2.45, 2.75) is 6.61 Å². The van der Waals surface area contributed by atoms with Crippen molar-refractivity contribution in [3.8, 4) is 17.4 Å². The first-order chi connectivity index (χ1) is 10.8. The highest BCUT2D eigenvalue weighted by Gasteiger charge is 2.00. The molecule has 22 heavy (non-hydrogen) atoms. The van der Waals surface area contributed by atoms with Crippen LogP contribution in [0.15, 0.2) is 72.9 Å². The van der Waals surface area contributed by atoms with Crippen LogP contribution in [0, 0.1) is 0 Å². The highest BCUT2D eigenvalue weighted by molar-refractivity contribution is 5.38. The minimum absolute atomic E-state index is 0.507. The van der Waals surface area contributed by atoms with Crippen LogP contribution in [0.2, 0.25) is 0 Å². The monoisotopic (exact) mass is 292 g/mol. The van der Waals surface area contributed by atoms with Gasteiger partial charge in [0.25, 0.3) is 0 Å². The molecule has 2 aromatic carbocycles. The number of nitrogen functional groups attached to an aromatic ring is 1. The van der Waals surface area contributed by atoms with Crippen LogP contribution in [0.25, 0.3) is 0 Å². The van der Waals surface area contributed by atoms with Gasteiger partial charge < -0.3 is 15.2 Å². The highest BCUT2D eigenvalue weighted by atomic mass is 16.5. The van der Waals surface area contributed by atoms with Crippen molar-refractivity contribution in [3.05, 3.63) is 78.5 Å². The number of pyridine rings is 1. The molecule has 0 aliphatic rings. The lowest BCUT2D eigenvalue weighted by atomic mass is 10.2. The summed E-state index contributed by atoms with van der Waals surface area (Å²) in [5.41, 5.74) is 7.33. The third-order valence-electron chi connectivity index (χ3n) is 3.05. The molecule has 110 valence electrons. The molecule has 0 radical (unpaired) electrons. The summed E-state index contributed by atoms with van der Waals surface area (Å²) >= 11 is 0. The van der Waals surface area contributed by atoms with Gasteiger partial charge in [-0.3, -0.25) is 0 Å². The predicted octanol–water partition coefficient (Wildman–Crippen LogP) is 4.04. The lowest BCUT2D eigenvalue weighted by Crippen LogP contribution is -1.95. The molecule has 2 N–H and O–H groups in total. The van der Waals surface area contributed by atoms with E-state index in [1.54, 1.807) is 18.3 Å². The fourth-order valence-corrected chi connectivity index (χ4v) is 1.92. The maximum atomic E-state index is 5.73. The van der Waals surface area contributed by atoms with E-state index >= 15 is 0 Å². The van der Waals surface area contributed by atoms with Crippen LogP contribution in [0.5, 0.6) is 17.4 Å². The summed E-state index contributed by atoms with van der Waals surface area (Å²) in [5.74, 6) is 2.00. The molecule has 0 fully saturated rings. The van der Waals surface area contributed by atoms with Gasteiger partial charge in [-0.25, -0.2) is 4.98 Å². The number of hydrogen-bond acceptors (Lipinski definition) is 4. The Bertz CT molecular complexity index is 710. The minimum atomic E-state index is 0.507. The summed E-state index contributed by atoms with van der Waals surface area (Å²) in [5, 5.41) is 0. The molecule has 0 aliphatic carbocycles. The Morgan fingerprint density at radius 2 is 1.55 bits per heavy atom. The molecule has 0 atom stereocenters. The van der Waals surface area contributed by atoms with Gasteiger partial charge in [0.1, 0.15) is 18.1 Å². The Kier molecular flexibility index (Phi) is 4.20. The fourth-order valence-electron chi connectivity index (χ4n) is 1.92. The van der Waals surface area contributed by atoms with E-state index < -0.39 is 0 Å². The molecule has 4 nitrogen and oxygen atoms in total. The van der Waals surface area contributed by atoms with Crippen LogP contribution in [-0.4, -0.2) is 4.98 Å². The van der Waals surface area contributed by atoms with E-state index in [9.17, 15) is 0 Å². The molecule has 0 saturated heterocycles. The third-order valence-corrected chi connectivity index (χ3v) is 3.05. The molecule has 3 aromatic rings. The molecule has 0 spiro atoms. The van der Waals surface area contributed by atoms with Crippen molar-refractivity contribution in [1.82, 2.24) is 4.98 Å². The number of benzene rings is 2. The Morgan fingerprint density at radius 3 is 2.23 bits per heavy atom. The number of hydrogen-bond donors (Lipinski definition) is 1. The largest absolute Gasteiger partial charge is 0.489 e. The average molecular weight is 292 g/mol. The Hall–Kier alpha value is -3.01. The van der Waals surface area contributed by atoms with Crippen molar-refractivity contribution in [1.29, 1.82) is 0 Å². The minimum Gasteiger partial charge on any atom is -0.489 e. The van der Waals surface area contributed by atoms with Gasteiger partial charge in [-0.05, 0) is 35.9 Å². The second-order valence-corrected chi connectivity index (χ2v) is 4.78. The molecular weight excluding hydrogens is 276 g/mol. The van der Waals surface area contributed by atoms with Gasteiger partial charge in [0.05, 0.1) is 11.9 Å². The third kappa shape index (κ3) is 3.76. The van der Waals surface area contributed by atoms with Crippen LogP contribution in [0.4, 0.5) is 5.69 Å². The van der Waals surface area contributed by atoms with Crippen LogP contribution in [0.3, 0.4) is 0 Å². The van der Waals surface area contributed by atoms with Crippen molar-refractivity contribution in [2.24, 2.45) is 0 Å². The second kappa shape index (κ2) is 6.63. The van der Waals surface area contributed by atoms with Crippen molar-refractivity contribution in [2.75, 3.05) is 5.73 Å². The van der Waals surface area contributed by atoms with E-state index in [-0.39, 0.29) is 0 Å². The summed E-state index contributed by atoms with van der Waals surface area (Å²) in [7, 11) is 0. The predicted molar refractivity (Wildman–Crippen MR) is 85.9 cm³/mol. The molecule has 0 amide bonds. The number of ether oxygens (including phenoxy) is 2. The number of nitrogens with two attached hydrogens (primary N) is 1. The molecular formula is C18H16N2O2. The fraction of sp³-hybridized carbons (Fsp3) is 0.0556. The van der Waals surface area contributed by atoms with E-state index in [1.807, 2.05) is 54.6 Å². The average Bonchev–Trinajstić information content (AvgIpc) is 2.57. The quantitative estimate of drug-likeness (QED) is 0.771. The molecule has 3 rings (SSSR count). The van der Waals surface area contributed by atoms with Gasteiger partial charge in [-0.2, -0.15) is 0 Å². The summed E-state index contributed by atoms with van der Waals surface area (Å²) in [6.45, 7) is 0.542. The molecule has 0 saturated carbocycles. The summed E-state index contributed by atoms with van der Waals surface area (Å²) < 4.78 is 11.4. The van der Waals surface area contributed by atoms with E-state index in [0.717, 1.165) is 11.3 Å². The lowest BCUT2D eigenvalue weighted by Gasteiger charge is -2.08. The van der Waals surface area contributed by atoms with Gasteiger partial charge >= 0.3 is 0 Å². The maximum Gasteiger partial charge on any atom is 0.219 e. The van der Waals surface area contributed by atoms with Gasteiger partial charge in [0.15, 0.2) is 0 Å². The zero-order chi connectivity index (χ0) is 15.2. The Morgan fingerprint density at radius 1 is 0.818 bits per heavy atom. The van der Waals surface area contributed by atoms with Crippen molar-refractivity contribution < 1.29 is 9.47 Å². The van der Waals surface area contributed by atoms with Gasteiger partial charge in [-0.15, -0.1) is 0 Å². The molecule has 1 heterocycles. The zero-order valence-electron chi connectivity index (χ0n) is 12.0. The lowest BCUT2D eigenvalue weighted by molar-refractivity contribution is 0.305. The van der Waals surface area contributed by atoms with Crippen LogP contribution in [0.1, 0.15) is 5.56 Å². The molecule has 4 heteroatoms. The molecule has 0 unspecified atom stereocenters. The van der Waals surface area contributed by atoms with E-state index in [4.69, 9.17) is 15.2 Å². The van der Waals surface area contributed by atoms with Gasteiger partial charge in [0, 0.05) is 6.07 Å². The number of rotatable bonds is 5. The molecule has 1 aromatic heterocycles. The first-order valence-corrected chi connectivity index (χ1v) is 6.96. The van der Waals surface area contributed by atoms with Crippen molar-refractivity contribution >= 4 is 5.69 Å². The van der Waals surface area contributed by atoms with Crippen LogP contribution < -0.4 is 15.2 Å². The number of nitrogens with zero attached hydrogens (tertiary/aromatic N) is 1. The smallest absolute Gasteiger partial charge is 0.219 e. The SMILES string of the molecule is Nc1ccc(Oc2ccc(OCc3ccccc3)cc2)nc1. The Balaban J connectivity index is 1.59. The number of anilines is 1. The van der Waals surface area contributed by atoms with Crippen molar-refractivity contribution in [3.63, 3.8) is 0 Å². The first kappa shape index (κ1) is 13.9. The normalized spacial score (nSPS) is 10.2. The van der Waals surface area contributed by atoms with Gasteiger partial charge in [0.2, 0.25) is 5.88 Å². The summed E-state index contributed by atoms with van der Waals surface area (Å²) in [6, 6.07) is 21.0. The number of aromatic nitrogens is 1. The summed E-state index contributed by atoms with van der Waals surface area (Å²) in [6.07, 6.45) is 1.56. The van der Waals surface area contributed by atoms with E-state index in [0.29, 0.717) is 23.9 Å². The topological polar surface area (TPSA) is 57.4 Å². The molecule has 0 aliphatic heterocycles. The van der Waals surface area contributed by atoms with Gasteiger partial charge in [-0.1, -0.05) is 30.3 Å². The Labute approximate surface area is 129 Å². The maximum absolute atomic E-state index is 5.73. The summed E-state index contributed by atoms with van der Waals surface area (Å²) in [4.78, 5) is 4.09. The molecule has 0 bridgehead atoms. The van der Waals surface area contributed by atoms with Crippen LogP contribution >= 0.6 is 0 Å². The van der Waals surface area contributed by atoms with E-state index in [1.165, 1.54) is 0 Å². The second-order valence-electron chi connectivity index (χ2n) is 4.78. The standard InChI is InChI=1S/C18H16N2O2/c19-15-6-11-18(20-12-15)22-17-9-7-16(8-10-17)21-13-14-4-2-1-3-5-14/h1-12H,13,19H2. The zero-order valence-corrected chi connectivity index (χ0v) is 12.0. The van der Waals surface area contributed by atoms with E-state index in [2.05, 4.69) is 4.98 Å². The first-order valence-electron chi connectivity index (χ1n) is 6.96.